The number of ether oxygens (including phenoxy) is 1. The second kappa shape index (κ2) is 9.59. The van der Waals surface area contributed by atoms with Crippen molar-refractivity contribution in [2.24, 2.45) is 0 Å². The van der Waals surface area contributed by atoms with Crippen molar-refractivity contribution in [3.05, 3.63) is 0 Å². The molecule has 1 amide bonds. The van der Waals surface area contributed by atoms with Crippen LogP contribution in [0.15, 0.2) is 0 Å². The van der Waals surface area contributed by atoms with Crippen molar-refractivity contribution >= 4 is 17.5 Å². The van der Waals surface area contributed by atoms with Gasteiger partial charge in [-0.1, -0.05) is 0 Å². The molecule has 4 nitrogen and oxygen atoms in total. The molecular weight excluding hydrogens is 252 g/mol. The Labute approximate surface area is 115 Å². The molecule has 0 spiro atoms. The summed E-state index contributed by atoms with van der Waals surface area (Å²) < 4.78 is 5.09. The molecule has 0 aromatic heterocycles. The number of alkyl halides is 1. The summed E-state index contributed by atoms with van der Waals surface area (Å²) in [6, 6.07) is 0. The summed E-state index contributed by atoms with van der Waals surface area (Å²) in [4.78, 5) is 16.4. The fraction of sp³-hybridized carbons (Fsp3) is 0.923. The molecule has 0 N–H and O–H groups in total. The maximum absolute atomic E-state index is 12.0. The van der Waals surface area contributed by atoms with Gasteiger partial charge in [-0.2, -0.15) is 0 Å². The molecule has 0 aliphatic carbocycles. The lowest BCUT2D eigenvalue weighted by Gasteiger charge is -2.21. The van der Waals surface area contributed by atoms with Gasteiger partial charge in [-0.3, -0.25) is 9.69 Å². The third kappa shape index (κ3) is 6.03. The standard InChI is InChI=1S/C13H25ClN2O2/c1-18-12-11-15-7-4-8-16(10-9-15)13(17)5-2-3-6-14/h2-12H2,1H3. The highest BCUT2D eigenvalue weighted by Crippen LogP contribution is 2.07. The number of methoxy groups -OCH3 is 1. The molecule has 0 bridgehead atoms. The van der Waals surface area contributed by atoms with Gasteiger partial charge in [0.1, 0.15) is 0 Å². The van der Waals surface area contributed by atoms with Crippen LogP contribution in [0.4, 0.5) is 0 Å². The van der Waals surface area contributed by atoms with E-state index in [1.807, 2.05) is 4.90 Å². The Morgan fingerprint density at radius 3 is 2.78 bits per heavy atom. The average molecular weight is 277 g/mol. The van der Waals surface area contributed by atoms with Crippen molar-refractivity contribution < 1.29 is 9.53 Å². The third-order valence-electron chi connectivity index (χ3n) is 3.33. The van der Waals surface area contributed by atoms with E-state index >= 15 is 0 Å². The number of hydrogen-bond donors (Lipinski definition) is 0. The van der Waals surface area contributed by atoms with Crippen LogP contribution in [0.1, 0.15) is 25.7 Å². The number of halogens is 1. The number of carbonyl (C=O) groups is 1. The monoisotopic (exact) mass is 276 g/mol. The Morgan fingerprint density at radius 1 is 1.22 bits per heavy atom. The predicted octanol–water partition coefficient (Wildman–Crippen LogP) is 1.58. The van der Waals surface area contributed by atoms with Gasteiger partial charge in [0.15, 0.2) is 0 Å². The molecule has 0 radical (unpaired) electrons. The van der Waals surface area contributed by atoms with Crippen molar-refractivity contribution in [2.75, 3.05) is 52.3 Å². The predicted molar refractivity (Wildman–Crippen MR) is 74.1 cm³/mol. The lowest BCUT2D eigenvalue weighted by atomic mass is 10.2. The largest absolute Gasteiger partial charge is 0.383 e. The summed E-state index contributed by atoms with van der Waals surface area (Å²) >= 11 is 5.62. The summed E-state index contributed by atoms with van der Waals surface area (Å²) in [5.74, 6) is 0.937. The van der Waals surface area contributed by atoms with Crippen molar-refractivity contribution in [3.63, 3.8) is 0 Å². The van der Waals surface area contributed by atoms with E-state index in [2.05, 4.69) is 4.90 Å². The van der Waals surface area contributed by atoms with Gasteiger partial charge in [0, 0.05) is 45.6 Å². The Balaban J connectivity index is 2.25. The first kappa shape index (κ1) is 15.7. The SMILES string of the molecule is COCCN1CCCN(C(=O)CCCCCl)CC1. The second-order valence-corrected chi connectivity index (χ2v) is 5.09. The zero-order chi connectivity index (χ0) is 13.2. The molecule has 0 saturated carbocycles. The fourth-order valence-electron chi connectivity index (χ4n) is 2.19. The highest BCUT2D eigenvalue weighted by molar-refractivity contribution is 6.17. The van der Waals surface area contributed by atoms with E-state index < -0.39 is 0 Å². The Morgan fingerprint density at radius 2 is 2.06 bits per heavy atom. The van der Waals surface area contributed by atoms with Gasteiger partial charge >= 0.3 is 0 Å². The molecule has 5 heteroatoms. The summed E-state index contributed by atoms with van der Waals surface area (Å²) in [6.45, 7) is 5.50. The van der Waals surface area contributed by atoms with Gasteiger partial charge in [0.05, 0.1) is 6.61 Å². The van der Waals surface area contributed by atoms with Crippen LogP contribution >= 0.6 is 11.6 Å². The van der Waals surface area contributed by atoms with Gasteiger partial charge < -0.3 is 9.64 Å². The fourth-order valence-corrected chi connectivity index (χ4v) is 2.38. The van der Waals surface area contributed by atoms with Gasteiger partial charge in [0.25, 0.3) is 0 Å². The van der Waals surface area contributed by atoms with E-state index in [9.17, 15) is 4.79 Å². The van der Waals surface area contributed by atoms with Gasteiger partial charge in [-0.25, -0.2) is 0 Å². The normalized spacial score (nSPS) is 17.8. The van der Waals surface area contributed by atoms with E-state index in [-0.39, 0.29) is 5.91 Å². The van der Waals surface area contributed by atoms with E-state index in [1.165, 1.54) is 0 Å². The summed E-state index contributed by atoms with van der Waals surface area (Å²) in [6.07, 6.45) is 3.54. The van der Waals surface area contributed by atoms with Crippen molar-refractivity contribution in [1.82, 2.24) is 9.80 Å². The van der Waals surface area contributed by atoms with Crippen LogP contribution in [0.3, 0.4) is 0 Å². The smallest absolute Gasteiger partial charge is 0.222 e. The van der Waals surface area contributed by atoms with Crippen LogP contribution in [0.5, 0.6) is 0 Å². The molecular formula is C13H25ClN2O2. The number of unbranched alkanes of at least 4 members (excludes halogenated alkanes) is 1. The number of carbonyl (C=O) groups excluding carboxylic acids is 1. The van der Waals surface area contributed by atoms with Crippen molar-refractivity contribution in [1.29, 1.82) is 0 Å². The summed E-state index contributed by atoms with van der Waals surface area (Å²) in [5.41, 5.74) is 0. The molecule has 1 fully saturated rings. The molecule has 1 saturated heterocycles. The van der Waals surface area contributed by atoms with Crippen LogP contribution in [-0.4, -0.2) is 68.0 Å². The number of hydrogen-bond acceptors (Lipinski definition) is 3. The van der Waals surface area contributed by atoms with E-state index in [4.69, 9.17) is 16.3 Å². The van der Waals surface area contributed by atoms with Gasteiger partial charge in [-0.15, -0.1) is 11.6 Å². The zero-order valence-electron chi connectivity index (χ0n) is 11.4. The molecule has 1 heterocycles. The molecule has 1 aliphatic heterocycles. The molecule has 0 aromatic rings. The third-order valence-corrected chi connectivity index (χ3v) is 3.59. The molecule has 0 unspecified atom stereocenters. The maximum atomic E-state index is 12.0. The van der Waals surface area contributed by atoms with Crippen LogP contribution in [-0.2, 0) is 9.53 Å². The van der Waals surface area contributed by atoms with Crippen LogP contribution < -0.4 is 0 Å². The molecule has 1 aliphatic rings. The second-order valence-electron chi connectivity index (χ2n) is 4.71. The minimum Gasteiger partial charge on any atom is -0.383 e. The number of nitrogens with zero attached hydrogens (tertiary/aromatic N) is 2. The van der Waals surface area contributed by atoms with Crippen LogP contribution in [0.25, 0.3) is 0 Å². The minimum atomic E-state index is 0.286. The lowest BCUT2D eigenvalue weighted by molar-refractivity contribution is -0.131. The molecule has 18 heavy (non-hydrogen) atoms. The molecule has 106 valence electrons. The van der Waals surface area contributed by atoms with Gasteiger partial charge in [0.2, 0.25) is 5.91 Å². The number of rotatable bonds is 7. The first-order valence-electron chi connectivity index (χ1n) is 6.83. The Bertz CT molecular complexity index is 239. The minimum absolute atomic E-state index is 0.286. The number of amides is 1. The first-order valence-corrected chi connectivity index (χ1v) is 7.36. The zero-order valence-corrected chi connectivity index (χ0v) is 12.1. The summed E-state index contributed by atoms with van der Waals surface area (Å²) in [7, 11) is 1.73. The quantitative estimate of drug-likeness (QED) is 0.523. The topological polar surface area (TPSA) is 32.8 Å². The Hall–Kier alpha value is -0.320. The highest BCUT2D eigenvalue weighted by atomic mass is 35.5. The maximum Gasteiger partial charge on any atom is 0.222 e. The van der Waals surface area contributed by atoms with Gasteiger partial charge in [-0.05, 0) is 25.8 Å². The van der Waals surface area contributed by atoms with Crippen molar-refractivity contribution in [2.45, 2.75) is 25.7 Å². The van der Waals surface area contributed by atoms with Crippen molar-refractivity contribution in [3.8, 4) is 0 Å². The lowest BCUT2D eigenvalue weighted by Crippen LogP contribution is -2.35. The molecule has 1 rings (SSSR count). The highest BCUT2D eigenvalue weighted by Gasteiger charge is 2.18. The van der Waals surface area contributed by atoms with E-state index in [1.54, 1.807) is 7.11 Å². The van der Waals surface area contributed by atoms with Crippen LogP contribution in [0.2, 0.25) is 0 Å². The molecule has 0 aromatic carbocycles. The van der Waals surface area contributed by atoms with Crippen LogP contribution in [0, 0.1) is 0 Å². The van der Waals surface area contributed by atoms with E-state index in [0.717, 1.165) is 58.6 Å². The summed E-state index contributed by atoms with van der Waals surface area (Å²) in [5, 5.41) is 0. The van der Waals surface area contributed by atoms with E-state index in [0.29, 0.717) is 12.3 Å². The molecule has 0 atom stereocenters. The first-order chi connectivity index (χ1) is 8.77. The Kier molecular flexibility index (Phi) is 8.38. The average Bonchev–Trinajstić information content (AvgIpc) is 2.62.